The quantitative estimate of drug-likeness (QED) is 0.600. The Balaban J connectivity index is 1.98. The highest BCUT2D eigenvalue weighted by atomic mass is 32.2. The van der Waals surface area contributed by atoms with E-state index in [1.807, 2.05) is 11.6 Å². The first kappa shape index (κ1) is 21.0. The van der Waals surface area contributed by atoms with E-state index in [2.05, 4.69) is 15.1 Å². The Labute approximate surface area is 171 Å². The van der Waals surface area contributed by atoms with Crippen LogP contribution in [0.4, 0.5) is 4.79 Å². The number of rotatable bonds is 6. The molecule has 0 bridgehead atoms. The second-order valence-electron chi connectivity index (χ2n) is 6.65. The van der Waals surface area contributed by atoms with Crippen molar-refractivity contribution < 1.29 is 17.9 Å². The molecule has 0 aromatic carbocycles. The van der Waals surface area contributed by atoms with Crippen LogP contribution >= 0.6 is 11.3 Å². The molecule has 0 saturated heterocycles. The third-order valence-corrected chi connectivity index (χ3v) is 6.68. The average Bonchev–Trinajstić information content (AvgIpc) is 3.20. The number of carbonyl (C=O) groups excluding carboxylic acids is 1. The Hall–Kier alpha value is -2.73. The molecule has 12 heteroatoms. The number of nitrogens with one attached hydrogen (secondary N) is 2. The number of thiophene rings is 1. The molecule has 3 rings (SSSR count). The number of hydrogen-bond donors (Lipinski definition) is 2. The van der Waals surface area contributed by atoms with Crippen molar-refractivity contribution in [2.45, 2.75) is 43.9 Å². The van der Waals surface area contributed by atoms with Crippen LogP contribution in [0.1, 0.15) is 32.9 Å². The topological polar surface area (TPSA) is 136 Å². The highest BCUT2D eigenvalue weighted by molar-refractivity contribution is 7.92. The predicted octanol–water partition coefficient (Wildman–Crippen LogP) is 2.16. The normalized spacial score (nSPS) is 11.9. The monoisotopic (exact) mass is 439 g/mol. The molecule has 0 saturated carbocycles. The molecule has 0 atom stereocenters. The van der Waals surface area contributed by atoms with E-state index in [0.29, 0.717) is 28.7 Å². The molecular weight excluding hydrogens is 418 g/mol. The first-order valence-electron chi connectivity index (χ1n) is 8.90. The molecule has 3 aromatic heterocycles. The van der Waals surface area contributed by atoms with Crippen LogP contribution in [-0.4, -0.2) is 40.4 Å². The van der Waals surface area contributed by atoms with E-state index in [9.17, 15) is 18.0 Å². The number of amides is 1. The van der Waals surface area contributed by atoms with Crippen LogP contribution in [0.15, 0.2) is 20.5 Å². The van der Waals surface area contributed by atoms with E-state index >= 15 is 0 Å². The molecule has 3 heterocycles. The fraction of sp³-hybridized carbons (Fsp3) is 0.412. The lowest BCUT2D eigenvalue weighted by Crippen LogP contribution is -2.32. The van der Waals surface area contributed by atoms with Gasteiger partial charge in [0.25, 0.3) is 15.6 Å². The van der Waals surface area contributed by atoms with E-state index in [1.165, 1.54) is 10.7 Å². The minimum absolute atomic E-state index is 0.101. The number of sulfonamides is 1. The van der Waals surface area contributed by atoms with Crippen LogP contribution in [0, 0.1) is 0 Å². The van der Waals surface area contributed by atoms with Gasteiger partial charge in [-0.2, -0.15) is 5.10 Å². The molecule has 156 valence electrons. The first-order valence-corrected chi connectivity index (χ1v) is 11.3. The number of carbonyl (C=O) groups is 1. The van der Waals surface area contributed by atoms with Gasteiger partial charge in [-0.3, -0.25) is 9.48 Å². The van der Waals surface area contributed by atoms with Gasteiger partial charge in [-0.05, 0) is 26.3 Å². The van der Waals surface area contributed by atoms with Crippen LogP contribution in [0.5, 0.6) is 0 Å². The van der Waals surface area contributed by atoms with Crippen molar-refractivity contribution in [2.24, 2.45) is 7.05 Å². The third kappa shape index (κ3) is 4.32. The van der Waals surface area contributed by atoms with Gasteiger partial charge in [0.05, 0.1) is 11.8 Å². The molecule has 0 spiro atoms. The molecule has 0 aliphatic heterocycles. The van der Waals surface area contributed by atoms with Crippen molar-refractivity contribution in [3.05, 3.63) is 27.5 Å². The lowest BCUT2D eigenvalue weighted by molar-refractivity contribution is 0.121. The minimum atomic E-state index is -4.10. The Bertz CT molecular complexity index is 1220. The molecule has 3 aromatic rings. The summed E-state index contributed by atoms with van der Waals surface area (Å²) in [6.45, 7) is 5.22. The highest BCUT2D eigenvalue weighted by Gasteiger charge is 2.23. The fourth-order valence-electron chi connectivity index (χ4n) is 2.77. The molecule has 29 heavy (non-hydrogen) atoms. The number of ether oxygens (including phenoxy) is 1. The fourth-order valence-corrected chi connectivity index (χ4v) is 4.81. The summed E-state index contributed by atoms with van der Waals surface area (Å²) in [6, 6.07) is 1.34. The van der Waals surface area contributed by atoms with E-state index < -0.39 is 22.2 Å². The Morgan fingerprint density at radius 2 is 2.14 bits per heavy atom. The molecule has 0 unspecified atom stereocenters. The molecule has 10 nitrogen and oxygen atoms in total. The van der Waals surface area contributed by atoms with Gasteiger partial charge < -0.3 is 9.72 Å². The van der Waals surface area contributed by atoms with E-state index in [-0.39, 0.29) is 15.6 Å². The number of H-pyrrole nitrogens is 1. The third-order valence-electron chi connectivity index (χ3n) is 3.92. The van der Waals surface area contributed by atoms with Crippen LogP contribution in [-0.2, 0) is 28.2 Å². The summed E-state index contributed by atoms with van der Waals surface area (Å²) >= 11 is 0.902. The minimum Gasteiger partial charge on any atom is -0.446 e. The van der Waals surface area contributed by atoms with Crippen molar-refractivity contribution in [3.8, 4) is 11.4 Å². The lowest BCUT2D eigenvalue weighted by atomic mass is 10.2. The number of aryl methyl sites for hydroxylation is 2. The zero-order valence-corrected chi connectivity index (χ0v) is 18.0. The molecule has 0 fully saturated rings. The van der Waals surface area contributed by atoms with Gasteiger partial charge in [0.1, 0.15) is 15.6 Å². The average molecular weight is 440 g/mol. The Morgan fingerprint density at radius 3 is 2.79 bits per heavy atom. The van der Waals surface area contributed by atoms with E-state index in [0.717, 1.165) is 17.8 Å². The maximum Gasteiger partial charge on any atom is 0.421 e. The molecule has 2 N–H and O–H groups in total. The Kier molecular flexibility index (Phi) is 5.75. The zero-order valence-electron chi connectivity index (χ0n) is 16.3. The zero-order chi connectivity index (χ0) is 21.3. The molecular formula is C17H21N5O5S2. The highest BCUT2D eigenvalue weighted by Crippen LogP contribution is 2.27. The van der Waals surface area contributed by atoms with Crippen LogP contribution < -0.4 is 10.3 Å². The van der Waals surface area contributed by atoms with Crippen molar-refractivity contribution in [1.29, 1.82) is 0 Å². The Morgan fingerprint density at radius 1 is 1.41 bits per heavy atom. The van der Waals surface area contributed by atoms with Crippen LogP contribution in [0.3, 0.4) is 0 Å². The first-order chi connectivity index (χ1) is 13.6. The summed E-state index contributed by atoms with van der Waals surface area (Å²) < 4.78 is 32.8. The van der Waals surface area contributed by atoms with Gasteiger partial charge in [-0.15, -0.1) is 11.3 Å². The molecule has 0 aliphatic rings. The van der Waals surface area contributed by atoms with Crippen molar-refractivity contribution in [1.82, 2.24) is 24.5 Å². The van der Waals surface area contributed by atoms with Gasteiger partial charge in [-0.25, -0.2) is 22.9 Å². The van der Waals surface area contributed by atoms with Gasteiger partial charge >= 0.3 is 6.09 Å². The van der Waals surface area contributed by atoms with E-state index in [1.54, 1.807) is 26.3 Å². The molecule has 0 radical (unpaired) electrons. The smallest absolute Gasteiger partial charge is 0.421 e. The number of hydrogen-bond acceptors (Lipinski definition) is 8. The van der Waals surface area contributed by atoms with E-state index in [4.69, 9.17) is 4.74 Å². The second-order valence-corrected chi connectivity index (χ2v) is 9.47. The summed E-state index contributed by atoms with van der Waals surface area (Å²) in [6.07, 6.45) is -0.00261. The van der Waals surface area contributed by atoms with Crippen molar-refractivity contribution in [3.63, 3.8) is 0 Å². The van der Waals surface area contributed by atoms with Crippen LogP contribution in [0.25, 0.3) is 22.4 Å². The van der Waals surface area contributed by atoms with Crippen molar-refractivity contribution in [2.75, 3.05) is 0 Å². The van der Waals surface area contributed by atoms with Gasteiger partial charge in [0.2, 0.25) is 0 Å². The molecule has 1 amide bonds. The van der Waals surface area contributed by atoms with Crippen LogP contribution in [0.2, 0.25) is 0 Å². The lowest BCUT2D eigenvalue weighted by Gasteiger charge is -2.08. The number of fused-ring (bicyclic) bond motifs is 1. The number of nitrogens with zero attached hydrogens (tertiary/aromatic N) is 3. The summed E-state index contributed by atoms with van der Waals surface area (Å²) in [4.78, 5) is 31.3. The van der Waals surface area contributed by atoms with Gasteiger partial charge in [0, 0.05) is 18.0 Å². The molecule has 0 aliphatic carbocycles. The SMILES string of the molecule is CCCc1nn(C)c2c(=O)[nH]c(-c3csc(S(=O)(=O)NC(=O)OC(C)C)c3)nc12. The number of aromatic amines is 1. The second kappa shape index (κ2) is 7.95. The summed E-state index contributed by atoms with van der Waals surface area (Å²) in [5, 5.41) is 5.90. The van der Waals surface area contributed by atoms with Gasteiger partial charge in [-0.1, -0.05) is 13.3 Å². The summed E-state index contributed by atoms with van der Waals surface area (Å²) in [5.41, 5.74) is 1.61. The summed E-state index contributed by atoms with van der Waals surface area (Å²) in [7, 11) is -2.42. The largest absolute Gasteiger partial charge is 0.446 e. The maximum absolute atomic E-state index is 12.5. The predicted molar refractivity (Wildman–Crippen MR) is 108 cm³/mol. The van der Waals surface area contributed by atoms with Gasteiger partial charge in [0.15, 0.2) is 5.52 Å². The standard InChI is InChI=1S/C17H21N5O5S2/c1-5-6-11-13-14(22(4)20-11)16(23)19-15(18-13)10-7-12(28-8-10)29(25,26)21-17(24)27-9(2)3/h7-9H,5-6H2,1-4H3,(H,21,24)(H,18,19,23). The van der Waals surface area contributed by atoms with Crippen molar-refractivity contribution >= 4 is 38.5 Å². The number of aromatic nitrogens is 4. The summed E-state index contributed by atoms with van der Waals surface area (Å²) in [5.74, 6) is 0.232. The maximum atomic E-state index is 12.5.